The third kappa shape index (κ3) is 2.76. The van der Waals surface area contributed by atoms with Crippen molar-refractivity contribution in [1.82, 2.24) is 10.2 Å². The van der Waals surface area contributed by atoms with Gasteiger partial charge in [-0.1, -0.05) is 0 Å². The number of nitrogens with one attached hydrogen (secondary N) is 1. The van der Waals surface area contributed by atoms with Crippen LogP contribution in [0.15, 0.2) is 0 Å². The summed E-state index contributed by atoms with van der Waals surface area (Å²) in [6, 6.07) is -0.615. The molecule has 1 saturated heterocycles. The van der Waals surface area contributed by atoms with Crippen molar-refractivity contribution in [3.05, 3.63) is 0 Å². The number of carbonyl (C=O) groups is 3. The lowest BCUT2D eigenvalue weighted by Gasteiger charge is -2.31. The highest BCUT2D eigenvalue weighted by molar-refractivity contribution is 6.04. The monoisotopic (exact) mass is 214 g/mol. The maximum atomic E-state index is 11.5. The number of piperazine rings is 1. The van der Waals surface area contributed by atoms with Gasteiger partial charge in [0, 0.05) is 6.61 Å². The molecular formula is C9H14N2O4. The molecule has 1 aliphatic heterocycles. The number of rotatable bonds is 3. The lowest BCUT2D eigenvalue weighted by Crippen LogP contribution is -2.59. The van der Waals surface area contributed by atoms with E-state index in [2.05, 4.69) is 5.32 Å². The average Bonchev–Trinajstić information content (AvgIpc) is 2.19. The van der Waals surface area contributed by atoms with Crippen molar-refractivity contribution in [3.8, 4) is 0 Å². The summed E-state index contributed by atoms with van der Waals surface area (Å²) in [5.41, 5.74) is 0. The first-order valence-corrected chi connectivity index (χ1v) is 4.77. The van der Waals surface area contributed by atoms with E-state index < -0.39 is 17.9 Å². The second kappa shape index (κ2) is 4.88. The second-order valence-electron chi connectivity index (χ2n) is 3.25. The SMILES string of the molecule is CCOCC(=O)N1CC(=O)NC(=O)C1C. The Bertz CT molecular complexity index is 290. The molecular weight excluding hydrogens is 200 g/mol. The number of carbonyl (C=O) groups excluding carboxylic acids is 3. The molecule has 0 aromatic carbocycles. The van der Waals surface area contributed by atoms with Gasteiger partial charge in [0.2, 0.25) is 17.7 Å². The number of hydrogen-bond donors (Lipinski definition) is 1. The molecule has 1 N–H and O–H groups in total. The van der Waals surface area contributed by atoms with E-state index in [1.54, 1.807) is 13.8 Å². The summed E-state index contributed by atoms with van der Waals surface area (Å²) in [7, 11) is 0. The molecule has 0 aliphatic carbocycles. The first kappa shape index (κ1) is 11.6. The average molecular weight is 214 g/mol. The summed E-state index contributed by atoms with van der Waals surface area (Å²) in [4.78, 5) is 35.0. The molecule has 1 aliphatic rings. The summed E-state index contributed by atoms with van der Waals surface area (Å²) in [6.45, 7) is 3.59. The smallest absolute Gasteiger partial charge is 0.249 e. The first-order chi connectivity index (χ1) is 7.06. The fraction of sp³-hybridized carbons (Fsp3) is 0.667. The predicted octanol–water partition coefficient (Wildman–Crippen LogP) is -1.10. The van der Waals surface area contributed by atoms with Crippen LogP contribution in [0.25, 0.3) is 0 Å². The van der Waals surface area contributed by atoms with Crippen LogP contribution in [-0.4, -0.2) is 48.4 Å². The zero-order valence-electron chi connectivity index (χ0n) is 8.78. The van der Waals surface area contributed by atoms with Crippen molar-refractivity contribution >= 4 is 17.7 Å². The molecule has 1 unspecified atom stereocenters. The standard InChI is InChI=1S/C9H14N2O4/c1-3-15-5-8(13)11-4-7(12)10-9(14)6(11)2/h6H,3-5H2,1-2H3,(H,10,12,14). The zero-order valence-corrected chi connectivity index (χ0v) is 8.78. The van der Waals surface area contributed by atoms with Gasteiger partial charge in [-0.3, -0.25) is 19.7 Å². The molecule has 0 saturated carbocycles. The van der Waals surface area contributed by atoms with Gasteiger partial charge in [0.1, 0.15) is 19.2 Å². The zero-order chi connectivity index (χ0) is 11.4. The Morgan fingerprint density at radius 3 is 2.87 bits per heavy atom. The van der Waals surface area contributed by atoms with Crippen molar-refractivity contribution in [2.24, 2.45) is 0 Å². The van der Waals surface area contributed by atoms with Gasteiger partial charge >= 0.3 is 0 Å². The minimum Gasteiger partial charge on any atom is -0.372 e. The van der Waals surface area contributed by atoms with E-state index in [0.717, 1.165) is 0 Å². The molecule has 6 nitrogen and oxygen atoms in total. The lowest BCUT2D eigenvalue weighted by molar-refractivity contribution is -0.151. The van der Waals surface area contributed by atoms with E-state index in [9.17, 15) is 14.4 Å². The van der Waals surface area contributed by atoms with Gasteiger partial charge in [-0.2, -0.15) is 0 Å². The number of hydrogen-bond acceptors (Lipinski definition) is 4. The van der Waals surface area contributed by atoms with Gasteiger partial charge in [0.15, 0.2) is 0 Å². The summed E-state index contributed by atoms with van der Waals surface area (Å²) >= 11 is 0. The van der Waals surface area contributed by atoms with E-state index >= 15 is 0 Å². The first-order valence-electron chi connectivity index (χ1n) is 4.77. The molecule has 0 radical (unpaired) electrons. The molecule has 1 rings (SSSR count). The third-order valence-corrected chi connectivity index (χ3v) is 2.17. The van der Waals surface area contributed by atoms with E-state index in [1.807, 2.05) is 0 Å². The van der Waals surface area contributed by atoms with E-state index in [0.29, 0.717) is 6.61 Å². The van der Waals surface area contributed by atoms with Gasteiger partial charge in [-0.05, 0) is 13.8 Å². The Labute approximate surface area is 87.6 Å². The van der Waals surface area contributed by atoms with Gasteiger partial charge in [-0.15, -0.1) is 0 Å². The Kier molecular flexibility index (Phi) is 3.79. The minimum absolute atomic E-state index is 0.0845. The Morgan fingerprint density at radius 1 is 1.60 bits per heavy atom. The number of amides is 3. The van der Waals surface area contributed by atoms with Crippen LogP contribution in [0.1, 0.15) is 13.8 Å². The Morgan fingerprint density at radius 2 is 2.27 bits per heavy atom. The molecule has 15 heavy (non-hydrogen) atoms. The number of nitrogens with zero attached hydrogens (tertiary/aromatic N) is 1. The fourth-order valence-corrected chi connectivity index (χ4v) is 1.29. The molecule has 3 amide bonds. The van der Waals surface area contributed by atoms with Gasteiger partial charge in [0.25, 0.3) is 0 Å². The van der Waals surface area contributed by atoms with Crippen molar-refractivity contribution in [3.63, 3.8) is 0 Å². The van der Waals surface area contributed by atoms with Crippen LogP contribution in [0.4, 0.5) is 0 Å². The van der Waals surface area contributed by atoms with Crippen molar-refractivity contribution in [1.29, 1.82) is 0 Å². The van der Waals surface area contributed by atoms with Crippen LogP contribution in [0.3, 0.4) is 0 Å². The second-order valence-corrected chi connectivity index (χ2v) is 3.25. The minimum atomic E-state index is -0.615. The van der Waals surface area contributed by atoms with Crippen LogP contribution >= 0.6 is 0 Å². The van der Waals surface area contributed by atoms with Gasteiger partial charge in [-0.25, -0.2) is 0 Å². The lowest BCUT2D eigenvalue weighted by atomic mass is 10.2. The van der Waals surface area contributed by atoms with Crippen LogP contribution in [-0.2, 0) is 19.1 Å². The summed E-state index contributed by atoms with van der Waals surface area (Å²) < 4.78 is 4.93. The van der Waals surface area contributed by atoms with E-state index in [-0.39, 0.29) is 19.1 Å². The third-order valence-electron chi connectivity index (χ3n) is 2.17. The number of imide groups is 1. The van der Waals surface area contributed by atoms with Gasteiger partial charge < -0.3 is 9.64 Å². The highest BCUT2D eigenvalue weighted by Crippen LogP contribution is 2.05. The normalized spacial score (nSPS) is 21.5. The van der Waals surface area contributed by atoms with Crippen LogP contribution < -0.4 is 5.32 Å². The van der Waals surface area contributed by atoms with E-state index in [4.69, 9.17) is 4.74 Å². The predicted molar refractivity (Wildman–Crippen MR) is 50.8 cm³/mol. The highest BCUT2D eigenvalue weighted by atomic mass is 16.5. The van der Waals surface area contributed by atoms with Crippen LogP contribution in [0.5, 0.6) is 0 Å². The summed E-state index contributed by atoms with van der Waals surface area (Å²) in [5.74, 6) is -1.24. The summed E-state index contributed by atoms with van der Waals surface area (Å²) in [6.07, 6.45) is 0. The largest absolute Gasteiger partial charge is 0.372 e. The molecule has 0 aromatic rings. The molecule has 1 heterocycles. The molecule has 84 valence electrons. The summed E-state index contributed by atoms with van der Waals surface area (Å²) in [5, 5.41) is 2.16. The molecule has 6 heteroatoms. The van der Waals surface area contributed by atoms with Crippen molar-refractivity contribution in [2.75, 3.05) is 19.8 Å². The van der Waals surface area contributed by atoms with E-state index in [1.165, 1.54) is 4.90 Å². The molecule has 1 fully saturated rings. The molecule has 0 spiro atoms. The number of ether oxygens (including phenoxy) is 1. The molecule has 1 atom stereocenters. The maximum absolute atomic E-state index is 11.5. The van der Waals surface area contributed by atoms with Gasteiger partial charge in [0.05, 0.1) is 0 Å². The Hall–Kier alpha value is -1.43. The molecule has 0 aromatic heterocycles. The maximum Gasteiger partial charge on any atom is 0.249 e. The Balaban J connectivity index is 2.62. The van der Waals surface area contributed by atoms with Crippen molar-refractivity contribution in [2.45, 2.75) is 19.9 Å². The van der Waals surface area contributed by atoms with Crippen molar-refractivity contribution < 1.29 is 19.1 Å². The fourth-order valence-electron chi connectivity index (χ4n) is 1.29. The molecule has 0 bridgehead atoms. The topological polar surface area (TPSA) is 75.7 Å². The van der Waals surface area contributed by atoms with Crippen LogP contribution in [0, 0.1) is 0 Å². The quantitative estimate of drug-likeness (QED) is 0.605. The highest BCUT2D eigenvalue weighted by Gasteiger charge is 2.33. The van der Waals surface area contributed by atoms with Crippen LogP contribution in [0.2, 0.25) is 0 Å².